The Morgan fingerprint density at radius 3 is 2.48 bits per heavy atom. The van der Waals surface area contributed by atoms with Gasteiger partial charge in [-0.1, -0.05) is 44.7 Å². The first-order valence-electron chi connectivity index (χ1n) is 11.7. The number of hydrogen-bond acceptors (Lipinski definition) is 3. The Morgan fingerprint density at radius 1 is 1.21 bits per heavy atom. The van der Waals surface area contributed by atoms with Crippen LogP contribution in [0.3, 0.4) is 0 Å². The molecule has 1 heterocycles. The molecule has 1 aliphatic carbocycles. The fourth-order valence-corrected chi connectivity index (χ4v) is 4.04. The fourth-order valence-electron chi connectivity index (χ4n) is 4.04. The van der Waals surface area contributed by atoms with Gasteiger partial charge in [-0.2, -0.15) is 0 Å². The van der Waals surface area contributed by atoms with E-state index in [0.717, 1.165) is 23.7 Å². The van der Waals surface area contributed by atoms with Crippen molar-refractivity contribution >= 4 is 15.8 Å². The molecule has 1 aliphatic rings. The molecule has 2 aromatic rings. The third-order valence-corrected chi connectivity index (χ3v) is 5.51. The molecule has 4 nitrogen and oxygen atoms in total. The van der Waals surface area contributed by atoms with Crippen LogP contribution < -0.4 is 5.32 Å². The van der Waals surface area contributed by atoms with Crippen LogP contribution in [0.1, 0.15) is 77.5 Å². The summed E-state index contributed by atoms with van der Waals surface area (Å²) in [6, 6.07) is 18.2. The number of nitrogens with zero attached hydrogens (tertiary/aromatic N) is 1. The van der Waals surface area contributed by atoms with Gasteiger partial charge in [-0.05, 0) is 50.4 Å². The summed E-state index contributed by atoms with van der Waals surface area (Å²) in [6.07, 6.45) is 10.5. The summed E-state index contributed by atoms with van der Waals surface area (Å²) in [5.41, 5.74) is 3.31. The monoisotopic (exact) mass is 509 g/mol. The molecule has 0 radical (unpaired) electrons. The van der Waals surface area contributed by atoms with Crippen LogP contribution in [0.2, 0.25) is 0 Å². The molecule has 0 aliphatic heterocycles. The molecule has 1 atom stereocenters. The molecule has 0 saturated heterocycles. The van der Waals surface area contributed by atoms with E-state index in [2.05, 4.69) is 74.1 Å². The molecular weight excluding hydrogens is 472 g/mol. The second kappa shape index (κ2) is 17.8. The van der Waals surface area contributed by atoms with Gasteiger partial charge in [0.05, 0.1) is 24.8 Å². The summed E-state index contributed by atoms with van der Waals surface area (Å²) in [6.45, 7) is 6.34. The third-order valence-electron chi connectivity index (χ3n) is 5.51. The Balaban J connectivity index is 0.000000520. The van der Waals surface area contributed by atoms with E-state index in [0.29, 0.717) is 6.04 Å². The van der Waals surface area contributed by atoms with Crippen LogP contribution in [0.5, 0.6) is 0 Å². The van der Waals surface area contributed by atoms with E-state index in [1.165, 1.54) is 70.6 Å². The number of rotatable bonds is 8. The number of halogens is 1. The van der Waals surface area contributed by atoms with E-state index in [1.807, 2.05) is 12.1 Å². The van der Waals surface area contributed by atoms with Crippen molar-refractivity contribution in [2.45, 2.75) is 71.8 Å². The molecule has 1 fully saturated rings. The van der Waals surface area contributed by atoms with E-state index in [9.17, 15) is 0 Å². The van der Waals surface area contributed by atoms with Gasteiger partial charge in [-0.25, -0.2) is 0 Å². The van der Waals surface area contributed by atoms with Gasteiger partial charge < -0.3 is 10.4 Å². The molecule has 0 spiro atoms. The van der Waals surface area contributed by atoms with Crippen molar-refractivity contribution in [1.29, 1.82) is 0 Å². The Labute approximate surface area is 212 Å². The first kappa shape index (κ1) is 29.4. The van der Waals surface area contributed by atoms with Crippen LogP contribution in [-0.2, 0) is 15.4 Å². The zero-order valence-electron chi connectivity index (χ0n) is 20.1. The topological polar surface area (TPSA) is 66.5 Å². The average molecular weight is 510 g/mol. The van der Waals surface area contributed by atoms with Crippen LogP contribution in [-0.4, -0.2) is 27.2 Å². The van der Waals surface area contributed by atoms with E-state index >= 15 is 0 Å². The molecule has 179 valence electrons. The van der Waals surface area contributed by atoms with Crippen LogP contribution in [0.4, 0.5) is 0 Å². The van der Waals surface area contributed by atoms with Crippen LogP contribution in [0, 0.1) is 12.0 Å². The molecule has 1 unspecified atom stereocenters. The van der Waals surface area contributed by atoms with Gasteiger partial charge >= 0.3 is 31.2 Å². The molecule has 1 saturated carbocycles. The number of aliphatic hydroxyl groups is 1. The van der Waals surface area contributed by atoms with E-state index < -0.39 is 0 Å². The standard InChI is InChI=1S/C22H29N2.C5H8O2.ClH.Cr/c1-2-3-17-23-22(19-13-8-5-9-14-19)21-16-10-15-20(24-21)18-11-6-4-7-12-18;1-4(6)3-5(2)7;;/h4,6-7,10-11,15-16,19,22-23H,2-3,5,8-9,13-14,17H2,1H3;3,6H,1-2H3;1H;/q-1;;;+3/b;4-3-;;. The zero-order chi connectivity index (χ0) is 24.5. The van der Waals surface area contributed by atoms with Crippen LogP contribution >= 0.6 is 10.0 Å². The zero-order valence-corrected chi connectivity index (χ0v) is 22.1. The molecular formula is C27H38ClCrN2O2+2. The van der Waals surface area contributed by atoms with Crippen LogP contribution in [0.15, 0.2) is 54.3 Å². The molecule has 0 amide bonds. The molecule has 0 bridgehead atoms. The maximum atomic E-state index is 8.40. The summed E-state index contributed by atoms with van der Waals surface area (Å²) in [5, 5.41) is 12.2. The predicted octanol–water partition coefficient (Wildman–Crippen LogP) is 7.26. The summed E-state index contributed by atoms with van der Waals surface area (Å²) < 4.78 is 0. The number of nitrogens with one attached hydrogen (secondary N) is 1. The van der Waals surface area contributed by atoms with Gasteiger partial charge in [0, 0.05) is 5.69 Å². The average Bonchev–Trinajstić information content (AvgIpc) is 2.84. The van der Waals surface area contributed by atoms with Crippen molar-refractivity contribution in [2.24, 2.45) is 5.92 Å². The third kappa shape index (κ3) is 11.9. The van der Waals surface area contributed by atoms with Crippen molar-refractivity contribution in [3.63, 3.8) is 0 Å². The van der Waals surface area contributed by atoms with Crippen molar-refractivity contribution < 1.29 is 25.3 Å². The number of hydrogen-bond donors (Lipinski definition) is 2. The minimum atomic E-state index is 0.125. The molecule has 33 heavy (non-hydrogen) atoms. The van der Waals surface area contributed by atoms with Gasteiger partial charge in [-0.15, -0.1) is 35.9 Å². The molecule has 1 aromatic heterocycles. The Hall–Kier alpha value is -1.64. The number of aromatic nitrogens is 1. The Kier molecular flexibility index (Phi) is 15.8. The Bertz CT molecular complexity index is 820. The van der Waals surface area contributed by atoms with Crippen LogP contribution in [0.25, 0.3) is 11.3 Å². The van der Waals surface area contributed by atoms with Crippen molar-refractivity contribution in [2.75, 3.05) is 6.54 Å². The van der Waals surface area contributed by atoms with Crippen molar-refractivity contribution in [3.05, 3.63) is 66.1 Å². The molecule has 3 N–H and O–H groups in total. The molecule has 1 aromatic carbocycles. The first-order chi connectivity index (χ1) is 16.0. The predicted molar refractivity (Wildman–Crippen MR) is 136 cm³/mol. The number of pyridine rings is 1. The second-order valence-corrected chi connectivity index (χ2v) is 8.33. The maximum absolute atomic E-state index is 8.40. The van der Waals surface area contributed by atoms with Gasteiger partial charge in [0.1, 0.15) is 0 Å². The number of benzene rings is 1. The van der Waals surface area contributed by atoms with Crippen molar-refractivity contribution in [1.82, 2.24) is 10.3 Å². The number of allylic oxidation sites excluding steroid dienone is 2. The van der Waals surface area contributed by atoms with E-state index in [4.69, 9.17) is 14.9 Å². The summed E-state index contributed by atoms with van der Waals surface area (Å²) in [7, 11) is 4.51. The number of unbranched alkanes of at least 4 members (excludes halogenated alkanes) is 1. The summed E-state index contributed by atoms with van der Waals surface area (Å²) in [4.78, 5) is 13.4. The van der Waals surface area contributed by atoms with Gasteiger partial charge in [0.25, 0.3) is 0 Å². The van der Waals surface area contributed by atoms with E-state index in [1.54, 1.807) is 0 Å². The van der Waals surface area contributed by atoms with Gasteiger partial charge in [0.15, 0.2) is 0 Å². The minimum absolute atomic E-state index is 0.125. The molecule has 3 rings (SSSR count). The van der Waals surface area contributed by atoms with E-state index in [-0.39, 0.29) is 11.5 Å². The number of aliphatic hydroxyl groups excluding tert-OH is 1. The number of carbonyl (C=O) groups excluding carboxylic acids is 1. The number of ketones is 1. The quantitative estimate of drug-likeness (QED) is 0.129. The SMILES string of the molecule is CC(=[OH+])/C=C(/C)O.CCCCNC(c1cccc(-c2[c-]cccc2)n1)C1CCCCC1.[Cl][Cr+2]. The van der Waals surface area contributed by atoms with Gasteiger partial charge in [0.2, 0.25) is 0 Å². The molecule has 6 heteroatoms. The Morgan fingerprint density at radius 2 is 1.94 bits per heavy atom. The summed E-state index contributed by atoms with van der Waals surface area (Å²) >= 11 is 2.10. The summed E-state index contributed by atoms with van der Waals surface area (Å²) in [5.74, 6) is 0.970. The van der Waals surface area contributed by atoms with Crippen molar-refractivity contribution in [3.8, 4) is 11.3 Å². The second-order valence-electron chi connectivity index (χ2n) is 8.33. The normalized spacial score (nSPS) is 14.8. The first-order valence-corrected chi connectivity index (χ1v) is 13.5. The van der Waals surface area contributed by atoms with Gasteiger partial charge in [-0.3, -0.25) is 9.78 Å². The fraction of sp³-hybridized carbons (Fsp3) is 0.481.